The van der Waals surface area contributed by atoms with Crippen LogP contribution >= 0.6 is 0 Å². The van der Waals surface area contributed by atoms with Crippen molar-refractivity contribution in [2.45, 2.75) is 52.0 Å². The van der Waals surface area contributed by atoms with Crippen LogP contribution in [0.5, 0.6) is 0 Å². The summed E-state index contributed by atoms with van der Waals surface area (Å²) in [6.45, 7) is 11.7. The summed E-state index contributed by atoms with van der Waals surface area (Å²) >= 11 is 0. The van der Waals surface area contributed by atoms with E-state index in [1.165, 1.54) is 25.0 Å². The minimum atomic E-state index is 0.376. The molecule has 2 aliphatic rings. The van der Waals surface area contributed by atoms with Crippen molar-refractivity contribution >= 4 is 0 Å². The van der Waals surface area contributed by atoms with Gasteiger partial charge < -0.3 is 0 Å². The fourth-order valence-corrected chi connectivity index (χ4v) is 4.20. The highest BCUT2D eigenvalue weighted by atomic mass is 15.2. The van der Waals surface area contributed by atoms with Gasteiger partial charge in [-0.2, -0.15) is 0 Å². The van der Waals surface area contributed by atoms with E-state index in [1.807, 2.05) is 0 Å². The standard InChI is InChI=1S/C19H27N/c1-14(2)9-11-20-12-10-19(4)15(3)18(20)13-16-7-5-6-8-17(16)19/h5-9,15,18H,10-13H2,1-4H3/t15-,18-,19-/m1/s1. The zero-order chi connectivity index (χ0) is 14.3. The highest BCUT2D eigenvalue weighted by Gasteiger charge is 2.47. The number of fused-ring (bicyclic) bond motifs is 4. The maximum atomic E-state index is 2.70. The minimum absolute atomic E-state index is 0.376. The highest BCUT2D eigenvalue weighted by Crippen LogP contribution is 2.48. The molecule has 0 amide bonds. The Kier molecular flexibility index (Phi) is 3.50. The molecule has 1 aromatic rings. The van der Waals surface area contributed by atoms with Crippen LogP contribution in [0.15, 0.2) is 35.9 Å². The number of piperidine rings is 1. The van der Waals surface area contributed by atoms with E-state index >= 15 is 0 Å². The second kappa shape index (κ2) is 5.04. The molecule has 0 spiro atoms. The molecule has 1 heteroatoms. The molecule has 0 saturated carbocycles. The topological polar surface area (TPSA) is 3.24 Å². The number of rotatable bonds is 2. The summed E-state index contributed by atoms with van der Waals surface area (Å²) in [5, 5.41) is 0. The highest BCUT2D eigenvalue weighted by molar-refractivity contribution is 5.39. The Hall–Kier alpha value is -1.08. The molecule has 2 bridgehead atoms. The number of benzene rings is 1. The minimum Gasteiger partial charge on any atom is -0.296 e. The predicted octanol–water partition coefficient (Wildman–Crippen LogP) is 4.18. The van der Waals surface area contributed by atoms with Gasteiger partial charge in [-0.05, 0) is 55.7 Å². The van der Waals surface area contributed by atoms with Gasteiger partial charge in [0.2, 0.25) is 0 Å². The second-order valence-electron chi connectivity index (χ2n) is 7.16. The maximum Gasteiger partial charge on any atom is 0.0173 e. The molecule has 0 N–H and O–H groups in total. The third-order valence-electron chi connectivity index (χ3n) is 5.77. The Bertz CT molecular complexity index is 526. The normalized spacial score (nSPS) is 32.6. The Labute approximate surface area is 123 Å². The molecule has 1 heterocycles. The summed E-state index contributed by atoms with van der Waals surface area (Å²) < 4.78 is 0. The van der Waals surface area contributed by atoms with Gasteiger partial charge in [-0.1, -0.05) is 49.8 Å². The monoisotopic (exact) mass is 269 g/mol. The summed E-state index contributed by atoms with van der Waals surface area (Å²) in [5.74, 6) is 0.747. The van der Waals surface area contributed by atoms with E-state index in [0.29, 0.717) is 11.5 Å². The Morgan fingerprint density at radius 2 is 2.10 bits per heavy atom. The van der Waals surface area contributed by atoms with Gasteiger partial charge in [0.1, 0.15) is 0 Å². The van der Waals surface area contributed by atoms with Crippen LogP contribution < -0.4 is 0 Å². The van der Waals surface area contributed by atoms with Crippen molar-refractivity contribution < 1.29 is 0 Å². The van der Waals surface area contributed by atoms with Gasteiger partial charge in [0.15, 0.2) is 0 Å². The van der Waals surface area contributed by atoms with Crippen molar-refractivity contribution in [3.05, 3.63) is 47.0 Å². The summed E-state index contributed by atoms with van der Waals surface area (Å²) in [6, 6.07) is 9.84. The zero-order valence-electron chi connectivity index (χ0n) is 13.3. The molecule has 1 saturated heterocycles. The molecular weight excluding hydrogens is 242 g/mol. The Morgan fingerprint density at radius 3 is 2.85 bits per heavy atom. The van der Waals surface area contributed by atoms with Gasteiger partial charge in [0.05, 0.1) is 0 Å². The van der Waals surface area contributed by atoms with Crippen molar-refractivity contribution in [2.75, 3.05) is 13.1 Å². The van der Waals surface area contributed by atoms with Gasteiger partial charge in [0, 0.05) is 12.6 Å². The molecule has 20 heavy (non-hydrogen) atoms. The molecule has 1 aromatic carbocycles. The molecule has 0 aromatic heterocycles. The van der Waals surface area contributed by atoms with Crippen molar-refractivity contribution in [3.63, 3.8) is 0 Å². The second-order valence-corrected chi connectivity index (χ2v) is 7.16. The van der Waals surface area contributed by atoms with Gasteiger partial charge in [-0.15, -0.1) is 0 Å². The number of likely N-dealkylation sites (tertiary alicyclic amines) is 1. The Balaban J connectivity index is 1.93. The number of hydrogen-bond donors (Lipinski definition) is 0. The van der Waals surface area contributed by atoms with Crippen molar-refractivity contribution in [2.24, 2.45) is 5.92 Å². The number of hydrogen-bond acceptors (Lipinski definition) is 1. The molecule has 1 fully saturated rings. The molecule has 3 atom stereocenters. The molecule has 3 rings (SSSR count). The number of allylic oxidation sites excluding steroid dienone is 1. The van der Waals surface area contributed by atoms with E-state index in [-0.39, 0.29) is 0 Å². The van der Waals surface area contributed by atoms with Gasteiger partial charge in [-0.25, -0.2) is 0 Å². The van der Waals surface area contributed by atoms with E-state index in [2.05, 4.69) is 62.9 Å². The van der Waals surface area contributed by atoms with Gasteiger partial charge in [0.25, 0.3) is 0 Å². The van der Waals surface area contributed by atoms with Gasteiger partial charge in [-0.3, -0.25) is 4.90 Å². The van der Waals surface area contributed by atoms with E-state index in [1.54, 1.807) is 11.1 Å². The SMILES string of the molecule is CC(C)=CCN1CC[C@@]2(C)c3ccccc3C[C@@H]1[C@H]2C. The first-order chi connectivity index (χ1) is 9.52. The lowest BCUT2D eigenvalue weighted by molar-refractivity contribution is 0.0398. The lowest BCUT2D eigenvalue weighted by Gasteiger charge is -2.54. The van der Waals surface area contributed by atoms with E-state index in [4.69, 9.17) is 0 Å². The fraction of sp³-hybridized carbons (Fsp3) is 0.579. The van der Waals surface area contributed by atoms with Crippen LogP contribution in [0.4, 0.5) is 0 Å². The summed E-state index contributed by atoms with van der Waals surface area (Å²) in [7, 11) is 0. The van der Waals surface area contributed by atoms with Crippen LogP contribution in [0.3, 0.4) is 0 Å². The molecule has 0 unspecified atom stereocenters. The molecule has 1 aliphatic carbocycles. The van der Waals surface area contributed by atoms with E-state index in [9.17, 15) is 0 Å². The summed E-state index contributed by atoms with van der Waals surface area (Å²) in [5.41, 5.74) is 5.01. The van der Waals surface area contributed by atoms with Crippen LogP contribution in [0, 0.1) is 5.92 Å². The number of nitrogens with zero attached hydrogens (tertiary/aromatic N) is 1. The van der Waals surface area contributed by atoms with Crippen molar-refractivity contribution in [1.82, 2.24) is 4.90 Å². The average molecular weight is 269 g/mol. The smallest absolute Gasteiger partial charge is 0.0173 e. The van der Waals surface area contributed by atoms with Crippen LogP contribution in [-0.4, -0.2) is 24.0 Å². The third-order valence-corrected chi connectivity index (χ3v) is 5.77. The van der Waals surface area contributed by atoms with Crippen molar-refractivity contribution in [3.8, 4) is 0 Å². The van der Waals surface area contributed by atoms with Crippen LogP contribution in [-0.2, 0) is 11.8 Å². The largest absolute Gasteiger partial charge is 0.296 e. The molecule has 1 aliphatic heterocycles. The first-order valence-electron chi connectivity index (χ1n) is 7.98. The van der Waals surface area contributed by atoms with Gasteiger partial charge >= 0.3 is 0 Å². The summed E-state index contributed by atoms with van der Waals surface area (Å²) in [4.78, 5) is 2.70. The lowest BCUT2D eigenvalue weighted by atomic mass is 9.59. The van der Waals surface area contributed by atoms with E-state index in [0.717, 1.165) is 12.5 Å². The van der Waals surface area contributed by atoms with E-state index < -0.39 is 0 Å². The quantitative estimate of drug-likeness (QED) is 0.728. The van der Waals surface area contributed by atoms with Crippen molar-refractivity contribution in [1.29, 1.82) is 0 Å². The first kappa shape index (κ1) is 13.9. The summed E-state index contributed by atoms with van der Waals surface area (Å²) in [6.07, 6.45) is 4.90. The molecule has 0 radical (unpaired) electrons. The predicted molar refractivity (Wildman–Crippen MR) is 86.1 cm³/mol. The third kappa shape index (κ3) is 2.13. The van der Waals surface area contributed by atoms with Crippen LogP contribution in [0.1, 0.15) is 45.2 Å². The van der Waals surface area contributed by atoms with Crippen LogP contribution in [0.25, 0.3) is 0 Å². The first-order valence-corrected chi connectivity index (χ1v) is 7.98. The molecule has 108 valence electrons. The lowest BCUT2D eigenvalue weighted by Crippen LogP contribution is -2.57. The average Bonchev–Trinajstić information content (AvgIpc) is 2.42. The Morgan fingerprint density at radius 1 is 1.35 bits per heavy atom. The molecule has 1 nitrogen and oxygen atoms in total. The maximum absolute atomic E-state index is 2.70. The zero-order valence-corrected chi connectivity index (χ0v) is 13.3. The fourth-order valence-electron chi connectivity index (χ4n) is 4.20. The molecular formula is C19H27N. The van der Waals surface area contributed by atoms with Crippen LogP contribution in [0.2, 0.25) is 0 Å².